The summed E-state index contributed by atoms with van der Waals surface area (Å²) in [4.78, 5) is 2.40. The van der Waals surface area contributed by atoms with Gasteiger partial charge < -0.3 is 14.4 Å². The Bertz CT molecular complexity index is 372. The van der Waals surface area contributed by atoms with E-state index >= 15 is 0 Å². The SMILES string of the molecule is CCCN(C)CCC1COC2(CCC(C(C)(C)CC(C)C)CC2)O1. The lowest BCUT2D eigenvalue weighted by Gasteiger charge is -2.43. The van der Waals surface area contributed by atoms with E-state index in [9.17, 15) is 0 Å². The van der Waals surface area contributed by atoms with Gasteiger partial charge in [0.05, 0.1) is 12.7 Å². The van der Waals surface area contributed by atoms with Gasteiger partial charge in [0, 0.05) is 19.4 Å². The van der Waals surface area contributed by atoms with Crippen LogP contribution in [0.25, 0.3) is 0 Å². The first-order valence-electron chi connectivity index (χ1n) is 10.3. The molecule has 2 fully saturated rings. The van der Waals surface area contributed by atoms with E-state index in [1.165, 1.54) is 32.2 Å². The molecular formula is C21H41NO2. The molecule has 1 spiro atoms. The van der Waals surface area contributed by atoms with Crippen LogP contribution in [0.3, 0.4) is 0 Å². The average Bonchev–Trinajstić information content (AvgIpc) is 2.88. The van der Waals surface area contributed by atoms with Crippen LogP contribution in [-0.4, -0.2) is 43.5 Å². The normalized spacial score (nSPS) is 31.5. The van der Waals surface area contributed by atoms with Crippen LogP contribution in [0, 0.1) is 17.3 Å². The molecule has 1 heterocycles. The van der Waals surface area contributed by atoms with Crippen molar-refractivity contribution in [2.75, 3.05) is 26.7 Å². The van der Waals surface area contributed by atoms with Crippen LogP contribution in [0.5, 0.6) is 0 Å². The first-order chi connectivity index (χ1) is 11.3. The smallest absolute Gasteiger partial charge is 0.168 e. The van der Waals surface area contributed by atoms with Crippen molar-refractivity contribution in [1.82, 2.24) is 4.90 Å². The monoisotopic (exact) mass is 339 g/mol. The fraction of sp³-hybridized carbons (Fsp3) is 1.00. The second kappa shape index (κ2) is 8.51. The molecule has 24 heavy (non-hydrogen) atoms. The molecule has 2 aliphatic rings. The van der Waals surface area contributed by atoms with Crippen molar-refractivity contribution in [3.05, 3.63) is 0 Å². The Morgan fingerprint density at radius 1 is 1.17 bits per heavy atom. The first kappa shape index (κ1) is 20.2. The minimum absolute atomic E-state index is 0.252. The van der Waals surface area contributed by atoms with Crippen LogP contribution in [-0.2, 0) is 9.47 Å². The molecule has 0 aromatic heterocycles. The summed E-state index contributed by atoms with van der Waals surface area (Å²) in [5.41, 5.74) is 0.441. The first-order valence-corrected chi connectivity index (χ1v) is 10.3. The Morgan fingerprint density at radius 2 is 1.83 bits per heavy atom. The largest absolute Gasteiger partial charge is 0.347 e. The molecule has 0 aromatic carbocycles. The third-order valence-corrected chi connectivity index (χ3v) is 6.14. The summed E-state index contributed by atoms with van der Waals surface area (Å²) in [6, 6.07) is 0. The van der Waals surface area contributed by atoms with Gasteiger partial charge in [-0.15, -0.1) is 0 Å². The molecular weight excluding hydrogens is 298 g/mol. The molecule has 1 aliphatic carbocycles. The Balaban J connectivity index is 1.77. The molecule has 0 N–H and O–H groups in total. The van der Waals surface area contributed by atoms with Gasteiger partial charge in [-0.1, -0.05) is 34.6 Å². The summed E-state index contributed by atoms with van der Waals surface area (Å²) in [5, 5.41) is 0. The molecule has 0 radical (unpaired) electrons. The predicted octanol–water partition coefficient (Wildman–Crippen LogP) is 5.09. The highest BCUT2D eigenvalue weighted by Gasteiger charge is 2.46. The topological polar surface area (TPSA) is 21.7 Å². The zero-order valence-electron chi connectivity index (χ0n) is 17.1. The number of hydrogen-bond acceptors (Lipinski definition) is 3. The van der Waals surface area contributed by atoms with Gasteiger partial charge in [-0.2, -0.15) is 0 Å². The summed E-state index contributed by atoms with van der Waals surface area (Å²) < 4.78 is 12.6. The third-order valence-electron chi connectivity index (χ3n) is 6.14. The van der Waals surface area contributed by atoms with E-state index in [0.717, 1.165) is 44.2 Å². The van der Waals surface area contributed by atoms with Gasteiger partial charge in [0.2, 0.25) is 0 Å². The van der Waals surface area contributed by atoms with Crippen molar-refractivity contribution in [1.29, 1.82) is 0 Å². The predicted molar refractivity (Wildman–Crippen MR) is 101 cm³/mol. The summed E-state index contributed by atoms with van der Waals surface area (Å²) in [6.45, 7) is 14.9. The van der Waals surface area contributed by atoms with E-state index in [1.54, 1.807) is 0 Å². The van der Waals surface area contributed by atoms with Gasteiger partial charge in [-0.3, -0.25) is 0 Å². The zero-order valence-corrected chi connectivity index (χ0v) is 17.1. The molecule has 142 valence electrons. The van der Waals surface area contributed by atoms with Crippen LogP contribution in [0.15, 0.2) is 0 Å². The van der Waals surface area contributed by atoms with Crippen LogP contribution in [0.1, 0.15) is 79.6 Å². The lowest BCUT2D eigenvalue weighted by atomic mass is 9.66. The highest BCUT2D eigenvalue weighted by molar-refractivity contribution is 4.90. The van der Waals surface area contributed by atoms with Gasteiger partial charge in [0.15, 0.2) is 5.79 Å². The van der Waals surface area contributed by atoms with Crippen molar-refractivity contribution >= 4 is 0 Å². The second-order valence-corrected chi connectivity index (χ2v) is 9.41. The van der Waals surface area contributed by atoms with Crippen molar-refractivity contribution < 1.29 is 9.47 Å². The van der Waals surface area contributed by atoms with Gasteiger partial charge >= 0.3 is 0 Å². The second-order valence-electron chi connectivity index (χ2n) is 9.41. The lowest BCUT2D eigenvalue weighted by Crippen LogP contribution is -2.40. The van der Waals surface area contributed by atoms with Gasteiger partial charge in [0.25, 0.3) is 0 Å². The number of ether oxygens (including phenoxy) is 2. The van der Waals surface area contributed by atoms with E-state index in [4.69, 9.17) is 9.47 Å². The van der Waals surface area contributed by atoms with Gasteiger partial charge in [-0.05, 0) is 62.9 Å². The number of nitrogens with zero attached hydrogens (tertiary/aromatic N) is 1. The molecule has 1 saturated carbocycles. The summed E-state index contributed by atoms with van der Waals surface area (Å²) in [6.07, 6.45) is 8.60. The highest BCUT2D eigenvalue weighted by atomic mass is 16.7. The molecule has 2 rings (SSSR count). The Morgan fingerprint density at radius 3 is 2.42 bits per heavy atom. The van der Waals surface area contributed by atoms with Crippen molar-refractivity contribution in [3.8, 4) is 0 Å². The lowest BCUT2D eigenvalue weighted by molar-refractivity contribution is -0.198. The van der Waals surface area contributed by atoms with E-state index in [0.29, 0.717) is 11.5 Å². The maximum Gasteiger partial charge on any atom is 0.168 e. The van der Waals surface area contributed by atoms with E-state index < -0.39 is 0 Å². The molecule has 0 aromatic rings. The standard InChI is InChI=1S/C21H41NO2/c1-7-13-22(6)14-10-19-16-23-21(24-19)11-8-18(9-12-21)20(4,5)15-17(2)3/h17-19H,7-16H2,1-6H3. The maximum absolute atomic E-state index is 6.41. The number of rotatable bonds is 8. The fourth-order valence-electron chi connectivity index (χ4n) is 4.94. The van der Waals surface area contributed by atoms with E-state index in [1.807, 2.05) is 0 Å². The molecule has 1 unspecified atom stereocenters. The summed E-state index contributed by atoms with van der Waals surface area (Å²) in [7, 11) is 2.21. The van der Waals surface area contributed by atoms with Crippen molar-refractivity contribution in [3.63, 3.8) is 0 Å². The zero-order chi connectivity index (χ0) is 17.8. The molecule has 3 nitrogen and oxygen atoms in total. The van der Waals surface area contributed by atoms with E-state index in [-0.39, 0.29) is 5.79 Å². The minimum atomic E-state index is -0.252. The maximum atomic E-state index is 6.41. The molecule has 3 heteroatoms. The highest BCUT2D eigenvalue weighted by Crippen LogP contribution is 2.48. The molecule has 0 amide bonds. The summed E-state index contributed by atoms with van der Waals surface area (Å²) in [5.74, 6) is 1.34. The minimum Gasteiger partial charge on any atom is -0.347 e. The third kappa shape index (κ3) is 5.44. The van der Waals surface area contributed by atoms with Crippen LogP contribution >= 0.6 is 0 Å². The van der Waals surface area contributed by atoms with Crippen molar-refractivity contribution in [2.45, 2.75) is 91.5 Å². The van der Waals surface area contributed by atoms with Crippen LogP contribution in [0.4, 0.5) is 0 Å². The Hall–Kier alpha value is -0.120. The quantitative estimate of drug-likeness (QED) is 0.614. The molecule has 1 saturated heterocycles. The molecule has 1 atom stereocenters. The van der Waals surface area contributed by atoms with Gasteiger partial charge in [-0.25, -0.2) is 0 Å². The van der Waals surface area contributed by atoms with Crippen LogP contribution in [0.2, 0.25) is 0 Å². The van der Waals surface area contributed by atoms with E-state index in [2.05, 4.69) is 46.6 Å². The summed E-state index contributed by atoms with van der Waals surface area (Å²) >= 11 is 0. The molecule has 0 bridgehead atoms. The molecule has 1 aliphatic heterocycles. The van der Waals surface area contributed by atoms with Crippen LogP contribution < -0.4 is 0 Å². The van der Waals surface area contributed by atoms with Gasteiger partial charge in [0.1, 0.15) is 0 Å². The van der Waals surface area contributed by atoms with Crippen molar-refractivity contribution in [2.24, 2.45) is 17.3 Å². The fourth-order valence-corrected chi connectivity index (χ4v) is 4.94. The Kier molecular flexibility index (Phi) is 7.16. The number of hydrogen-bond donors (Lipinski definition) is 0. The Labute approximate surface area is 150 Å². The average molecular weight is 340 g/mol.